The van der Waals surface area contributed by atoms with Gasteiger partial charge in [0.15, 0.2) is 0 Å². The van der Waals surface area contributed by atoms with Crippen molar-refractivity contribution in [2.75, 3.05) is 26.2 Å². The molecule has 1 aromatic carbocycles. The van der Waals surface area contributed by atoms with E-state index in [4.69, 9.17) is 0 Å². The highest BCUT2D eigenvalue weighted by atomic mass is 16.3. The van der Waals surface area contributed by atoms with Crippen LogP contribution in [0.25, 0.3) is 5.69 Å². The lowest BCUT2D eigenvalue weighted by atomic mass is 10.1. The highest BCUT2D eigenvalue weighted by Gasteiger charge is 2.33. The Labute approximate surface area is 147 Å². The second-order valence-corrected chi connectivity index (χ2v) is 6.88. The maximum Gasteiger partial charge on any atom is 0.272 e. The number of hydrogen-bond donors (Lipinski definition) is 1. The number of rotatable bonds is 3. The fourth-order valence-electron chi connectivity index (χ4n) is 4.01. The molecule has 25 heavy (non-hydrogen) atoms. The van der Waals surface area contributed by atoms with E-state index >= 15 is 0 Å². The number of imidazole rings is 1. The lowest BCUT2D eigenvalue weighted by molar-refractivity contribution is 0.0312. The number of piperazine rings is 1. The van der Waals surface area contributed by atoms with Crippen molar-refractivity contribution in [1.29, 1.82) is 0 Å². The van der Waals surface area contributed by atoms with Crippen molar-refractivity contribution < 1.29 is 9.90 Å². The average molecular weight is 340 g/mol. The lowest BCUT2D eigenvalue weighted by Crippen LogP contribution is -2.53. The van der Waals surface area contributed by atoms with E-state index in [0.29, 0.717) is 18.8 Å². The Hall–Kier alpha value is -2.18. The van der Waals surface area contributed by atoms with Crippen molar-refractivity contribution in [1.82, 2.24) is 19.4 Å². The molecule has 6 heteroatoms. The number of aliphatic hydroxyl groups excluding tert-OH is 1. The summed E-state index contributed by atoms with van der Waals surface area (Å²) in [5.74, 6) is 0.0213. The van der Waals surface area contributed by atoms with Gasteiger partial charge in [0.2, 0.25) is 0 Å². The maximum atomic E-state index is 12.9. The number of carbonyl (C=O) groups is 1. The summed E-state index contributed by atoms with van der Waals surface area (Å²) in [6.07, 6.45) is 6.19. The molecule has 4 rings (SSSR count). The number of hydrogen-bond acceptors (Lipinski definition) is 4. The van der Waals surface area contributed by atoms with Crippen LogP contribution in [-0.4, -0.2) is 68.7 Å². The third-order valence-corrected chi connectivity index (χ3v) is 5.41. The summed E-state index contributed by atoms with van der Waals surface area (Å²) < 4.78 is 1.84. The second-order valence-electron chi connectivity index (χ2n) is 6.88. The van der Waals surface area contributed by atoms with Crippen LogP contribution in [-0.2, 0) is 0 Å². The topological polar surface area (TPSA) is 61.6 Å². The van der Waals surface area contributed by atoms with Gasteiger partial charge in [-0.15, -0.1) is 0 Å². The minimum atomic E-state index is -0.207. The van der Waals surface area contributed by atoms with Crippen LogP contribution in [0.4, 0.5) is 0 Å². The zero-order valence-corrected chi connectivity index (χ0v) is 14.3. The van der Waals surface area contributed by atoms with Gasteiger partial charge in [-0.3, -0.25) is 14.3 Å². The quantitative estimate of drug-likeness (QED) is 0.921. The van der Waals surface area contributed by atoms with Gasteiger partial charge in [0.25, 0.3) is 5.91 Å². The molecule has 1 amide bonds. The van der Waals surface area contributed by atoms with Crippen LogP contribution in [0, 0.1) is 0 Å². The molecule has 1 N–H and O–H groups in total. The largest absolute Gasteiger partial charge is 0.391 e. The number of nitrogens with zero attached hydrogens (tertiary/aromatic N) is 4. The predicted molar refractivity (Wildman–Crippen MR) is 94.7 cm³/mol. The van der Waals surface area contributed by atoms with E-state index in [-0.39, 0.29) is 18.1 Å². The summed E-state index contributed by atoms with van der Waals surface area (Å²) in [5.41, 5.74) is 1.54. The minimum absolute atomic E-state index is 0.0213. The molecule has 0 spiro atoms. The highest BCUT2D eigenvalue weighted by Crippen LogP contribution is 2.25. The summed E-state index contributed by atoms with van der Waals surface area (Å²) >= 11 is 0. The van der Waals surface area contributed by atoms with Crippen LogP contribution in [0.3, 0.4) is 0 Å². The third kappa shape index (κ3) is 3.19. The summed E-state index contributed by atoms with van der Waals surface area (Å²) in [7, 11) is 0. The van der Waals surface area contributed by atoms with Gasteiger partial charge in [0, 0.05) is 37.9 Å². The lowest BCUT2D eigenvalue weighted by Gasteiger charge is -2.39. The van der Waals surface area contributed by atoms with Gasteiger partial charge in [-0.05, 0) is 31.4 Å². The number of aliphatic hydroxyl groups is 1. The predicted octanol–water partition coefficient (Wildman–Crippen LogP) is 1.54. The van der Waals surface area contributed by atoms with Crippen LogP contribution in [0.15, 0.2) is 42.9 Å². The number of benzene rings is 1. The number of carbonyl (C=O) groups excluding carboxylic acids is 1. The maximum absolute atomic E-state index is 12.9. The molecule has 2 aliphatic rings. The first kappa shape index (κ1) is 16.3. The van der Waals surface area contributed by atoms with Gasteiger partial charge >= 0.3 is 0 Å². The Bertz CT molecular complexity index is 722. The monoisotopic (exact) mass is 340 g/mol. The van der Waals surface area contributed by atoms with E-state index in [0.717, 1.165) is 38.0 Å². The van der Waals surface area contributed by atoms with Crippen LogP contribution in [0.5, 0.6) is 0 Å². The molecule has 6 nitrogen and oxygen atoms in total. The summed E-state index contributed by atoms with van der Waals surface area (Å²) in [5, 5.41) is 10.1. The molecular weight excluding hydrogens is 316 g/mol. The second kappa shape index (κ2) is 6.98. The van der Waals surface area contributed by atoms with Crippen molar-refractivity contribution in [3.8, 4) is 5.69 Å². The van der Waals surface area contributed by atoms with E-state index in [1.807, 2.05) is 39.8 Å². The van der Waals surface area contributed by atoms with Gasteiger partial charge < -0.3 is 10.0 Å². The first-order valence-corrected chi connectivity index (χ1v) is 9.03. The SMILES string of the molecule is O=C(c1cncn1-c1ccccc1)N1CCN([C@H]2CCC[C@@H]2O)CC1. The van der Waals surface area contributed by atoms with Gasteiger partial charge in [0.1, 0.15) is 5.69 Å². The number of amides is 1. The zero-order valence-electron chi connectivity index (χ0n) is 14.3. The molecule has 2 atom stereocenters. The summed E-state index contributed by atoms with van der Waals surface area (Å²) in [6, 6.07) is 10.1. The van der Waals surface area contributed by atoms with Gasteiger partial charge in [-0.1, -0.05) is 18.2 Å². The fraction of sp³-hybridized carbons (Fsp3) is 0.474. The fourth-order valence-corrected chi connectivity index (χ4v) is 4.01. The minimum Gasteiger partial charge on any atom is -0.391 e. The zero-order chi connectivity index (χ0) is 17.2. The molecule has 2 heterocycles. The summed E-state index contributed by atoms with van der Waals surface area (Å²) in [4.78, 5) is 21.4. The molecule has 0 bridgehead atoms. The molecule has 1 aliphatic heterocycles. The Balaban J connectivity index is 1.44. The normalized spacial score (nSPS) is 24.6. The summed E-state index contributed by atoms with van der Waals surface area (Å²) in [6.45, 7) is 3.05. The molecule has 2 aromatic rings. The van der Waals surface area contributed by atoms with Crippen LogP contribution >= 0.6 is 0 Å². The molecule has 132 valence electrons. The van der Waals surface area contributed by atoms with Crippen LogP contribution in [0.2, 0.25) is 0 Å². The first-order chi connectivity index (χ1) is 12.2. The van der Waals surface area contributed by atoms with E-state index in [1.54, 1.807) is 12.5 Å². The molecule has 1 aromatic heterocycles. The van der Waals surface area contributed by atoms with Gasteiger partial charge in [0.05, 0.1) is 18.6 Å². The first-order valence-electron chi connectivity index (χ1n) is 9.03. The number of aromatic nitrogens is 2. The Morgan fingerprint density at radius 2 is 1.84 bits per heavy atom. The molecular formula is C19H24N4O2. The van der Waals surface area contributed by atoms with E-state index in [9.17, 15) is 9.90 Å². The average Bonchev–Trinajstić information content (AvgIpc) is 3.31. The molecule has 1 saturated carbocycles. The van der Waals surface area contributed by atoms with E-state index < -0.39 is 0 Å². The van der Waals surface area contributed by atoms with Gasteiger partial charge in [-0.2, -0.15) is 0 Å². The molecule has 0 radical (unpaired) electrons. The smallest absolute Gasteiger partial charge is 0.272 e. The highest BCUT2D eigenvalue weighted by molar-refractivity contribution is 5.93. The van der Waals surface area contributed by atoms with Gasteiger partial charge in [-0.25, -0.2) is 4.98 Å². The molecule has 0 unspecified atom stereocenters. The van der Waals surface area contributed by atoms with Crippen LogP contribution in [0.1, 0.15) is 29.8 Å². The molecule has 1 aliphatic carbocycles. The molecule has 1 saturated heterocycles. The Kier molecular flexibility index (Phi) is 4.55. The van der Waals surface area contributed by atoms with Crippen molar-refractivity contribution in [3.05, 3.63) is 48.5 Å². The van der Waals surface area contributed by atoms with Crippen molar-refractivity contribution in [2.24, 2.45) is 0 Å². The van der Waals surface area contributed by atoms with Crippen LogP contribution < -0.4 is 0 Å². The standard InChI is InChI=1S/C19H24N4O2/c24-18-8-4-7-16(18)21-9-11-22(12-10-21)19(25)17-13-20-14-23(17)15-5-2-1-3-6-15/h1-3,5-6,13-14,16,18,24H,4,7-12H2/t16-,18-/m0/s1. The number of para-hydroxylation sites is 1. The van der Waals surface area contributed by atoms with E-state index in [1.165, 1.54) is 0 Å². The van der Waals surface area contributed by atoms with Crippen molar-refractivity contribution in [2.45, 2.75) is 31.4 Å². The Morgan fingerprint density at radius 1 is 1.08 bits per heavy atom. The van der Waals surface area contributed by atoms with Crippen molar-refractivity contribution in [3.63, 3.8) is 0 Å². The molecule has 2 fully saturated rings. The van der Waals surface area contributed by atoms with E-state index in [2.05, 4.69) is 9.88 Å². The van der Waals surface area contributed by atoms with Crippen molar-refractivity contribution >= 4 is 5.91 Å². The third-order valence-electron chi connectivity index (χ3n) is 5.41. The Morgan fingerprint density at radius 3 is 2.52 bits per heavy atom.